The van der Waals surface area contributed by atoms with Crippen molar-refractivity contribution in [3.05, 3.63) is 131 Å². The van der Waals surface area contributed by atoms with E-state index < -0.39 is 5.41 Å². The van der Waals surface area contributed by atoms with E-state index in [9.17, 15) is 0 Å². The average Bonchev–Trinajstić information content (AvgIpc) is 3.77. The number of hydrogen-bond acceptors (Lipinski definition) is 6. The first-order chi connectivity index (χ1) is 21.1. The fourth-order valence-corrected chi connectivity index (χ4v) is 5.66. The molecular weight excluding hydrogens is 536 g/mol. The van der Waals surface area contributed by atoms with E-state index in [2.05, 4.69) is 55.5 Å². The number of ether oxygens (including phenoxy) is 4. The number of aliphatic imine (C=N–C) groups is 2. The minimum absolute atomic E-state index is 0.0452. The maximum Gasteiger partial charge on any atom is 0.200 e. The Morgan fingerprint density at radius 2 is 1.19 bits per heavy atom. The van der Waals surface area contributed by atoms with E-state index in [1.54, 1.807) is 7.11 Å². The third-order valence-electron chi connectivity index (χ3n) is 8.13. The third-order valence-corrected chi connectivity index (χ3v) is 8.13. The van der Waals surface area contributed by atoms with Gasteiger partial charge in [-0.15, -0.1) is 0 Å². The summed E-state index contributed by atoms with van der Waals surface area (Å²) in [5, 5.41) is 0. The van der Waals surface area contributed by atoms with Crippen molar-refractivity contribution >= 4 is 11.8 Å². The highest BCUT2D eigenvalue weighted by atomic mass is 16.5. The van der Waals surface area contributed by atoms with E-state index in [1.807, 2.05) is 60.7 Å². The Bertz CT molecular complexity index is 1470. The zero-order valence-electron chi connectivity index (χ0n) is 24.8. The molecule has 0 radical (unpaired) electrons. The smallest absolute Gasteiger partial charge is 0.200 e. The number of rotatable bonds is 12. The summed E-state index contributed by atoms with van der Waals surface area (Å²) >= 11 is 0. The van der Waals surface area contributed by atoms with Gasteiger partial charge in [0.25, 0.3) is 0 Å². The van der Waals surface area contributed by atoms with Gasteiger partial charge in [0.2, 0.25) is 0 Å². The first kappa shape index (κ1) is 28.5. The van der Waals surface area contributed by atoms with E-state index in [-0.39, 0.29) is 12.1 Å². The van der Waals surface area contributed by atoms with E-state index in [4.69, 9.17) is 28.9 Å². The van der Waals surface area contributed by atoms with Gasteiger partial charge in [0, 0.05) is 0 Å². The van der Waals surface area contributed by atoms with Gasteiger partial charge >= 0.3 is 0 Å². The normalized spacial score (nSPS) is 17.9. The lowest BCUT2D eigenvalue weighted by Gasteiger charge is -2.28. The van der Waals surface area contributed by atoms with Crippen LogP contribution in [-0.2, 0) is 22.3 Å². The second kappa shape index (κ2) is 13.2. The van der Waals surface area contributed by atoms with Crippen LogP contribution in [0.25, 0.3) is 0 Å². The fraction of sp³-hybridized carbons (Fsp3) is 0.297. The largest absolute Gasteiger partial charge is 0.497 e. The van der Waals surface area contributed by atoms with Gasteiger partial charge in [0.15, 0.2) is 11.8 Å². The van der Waals surface area contributed by atoms with Crippen LogP contribution < -0.4 is 9.47 Å². The predicted octanol–water partition coefficient (Wildman–Crippen LogP) is 7.60. The van der Waals surface area contributed by atoms with Crippen LogP contribution in [0.3, 0.4) is 0 Å². The van der Waals surface area contributed by atoms with Crippen LogP contribution in [0, 0.1) is 5.41 Å². The maximum atomic E-state index is 6.31. The predicted molar refractivity (Wildman–Crippen MR) is 170 cm³/mol. The molecule has 6 rings (SSSR count). The molecule has 0 N–H and O–H groups in total. The van der Waals surface area contributed by atoms with Crippen molar-refractivity contribution in [1.29, 1.82) is 0 Å². The van der Waals surface area contributed by atoms with E-state index in [1.165, 1.54) is 5.56 Å². The molecule has 2 heterocycles. The van der Waals surface area contributed by atoms with Gasteiger partial charge in [0.05, 0.1) is 13.7 Å². The molecule has 0 saturated carbocycles. The number of benzene rings is 4. The van der Waals surface area contributed by atoms with Crippen LogP contribution in [0.4, 0.5) is 0 Å². The monoisotopic (exact) mass is 574 g/mol. The Balaban J connectivity index is 1.16. The first-order valence-electron chi connectivity index (χ1n) is 15.0. The quantitative estimate of drug-likeness (QED) is 0.164. The summed E-state index contributed by atoms with van der Waals surface area (Å²) in [5.74, 6) is 3.08. The van der Waals surface area contributed by atoms with E-state index >= 15 is 0 Å². The molecule has 6 nitrogen and oxygen atoms in total. The lowest BCUT2D eigenvalue weighted by Crippen LogP contribution is -2.39. The Morgan fingerprint density at radius 1 is 0.674 bits per heavy atom. The summed E-state index contributed by atoms with van der Waals surface area (Å²) in [5.41, 5.74) is 4.05. The molecular formula is C37H38N2O4. The van der Waals surface area contributed by atoms with Crippen molar-refractivity contribution in [3.63, 3.8) is 0 Å². The molecule has 4 aromatic carbocycles. The molecule has 2 aliphatic heterocycles. The molecule has 43 heavy (non-hydrogen) atoms. The molecule has 4 aromatic rings. The average molecular weight is 575 g/mol. The zero-order chi connectivity index (χ0) is 29.5. The van der Waals surface area contributed by atoms with Crippen molar-refractivity contribution in [2.24, 2.45) is 15.4 Å². The molecule has 0 aromatic heterocycles. The molecule has 0 bridgehead atoms. The second-order valence-corrected chi connectivity index (χ2v) is 11.3. The number of hydrogen-bond donors (Lipinski definition) is 0. The van der Waals surface area contributed by atoms with E-state index in [0.29, 0.717) is 38.0 Å². The molecule has 2 atom stereocenters. The summed E-state index contributed by atoms with van der Waals surface area (Å²) in [4.78, 5) is 10.1. The minimum atomic E-state index is -0.645. The highest BCUT2D eigenvalue weighted by Gasteiger charge is 2.45. The van der Waals surface area contributed by atoms with Crippen LogP contribution in [0.1, 0.15) is 47.7 Å². The Morgan fingerprint density at radius 3 is 1.72 bits per heavy atom. The number of aryl methyl sites for hydroxylation is 1. The van der Waals surface area contributed by atoms with Gasteiger partial charge < -0.3 is 18.9 Å². The molecule has 0 aliphatic carbocycles. The van der Waals surface area contributed by atoms with Crippen molar-refractivity contribution < 1.29 is 18.9 Å². The molecule has 2 aliphatic rings. The summed E-state index contributed by atoms with van der Waals surface area (Å²) in [6.45, 7) is 3.80. The number of methoxy groups -OCH3 is 1. The molecule has 0 unspecified atom stereocenters. The number of nitrogens with zero attached hydrogens (tertiary/aromatic N) is 2. The molecule has 0 amide bonds. The molecule has 0 saturated heterocycles. The van der Waals surface area contributed by atoms with Gasteiger partial charge in [-0.1, -0.05) is 84.9 Å². The van der Waals surface area contributed by atoms with Crippen molar-refractivity contribution in [3.8, 4) is 11.5 Å². The van der Waals surface area contributed by atoms with Crippen LogP contribution >= 0.6 is 0 Å². The third kappa shape index (κ3) is 6.75. The summed E-state index contributed by atoms with van der Waals surface area (Å²) in [6, 6.07) is 37.0. The molecule has 0 fully saturated rings. The van der Waals surface area contributed by atoms with Gasteiger partial charge in [-0.25, -0.2) is 9.98 Å². The lowest BCUT2D eigenvalue weighted by atomic mass is 9.82. The Kier molecular flexibility index (Phi) is 8.73. The first-order valence-corrected chi connectivity index (χ1v) is 15.0. The topological polar surface area (TPSA) is 61.6 Å². The fourth-order valence-electron chi connectivity index (χ4n) is 5.66. The zero-order valence-corrected chi connectivity index (χ0v) is 24.8. The van der Waals surface area contributed by atoms with Crippen molar-refractivity contribution in [1.82, 2.24) is 0 Å². The maximum absolute atomic E-state index is 6.31. The van der Waals surface area contributed by atoms with Crippen LogP contribution in [-0.4, -0.2) is 38.7 Å². The second-order valence-electron chi connectivity index (χ2n) is 11.3. The van der Waals surface area contributed by atoms with E-state index in [0.717, 1.165) is 41.0 Å². The summed E-state index contributed by atoms with van der Waals surface area (Å²) < 4.78 is 23.9. The lowest BCUT2D eigenvalue weighted by molar-refractivity contribution is 0.257. The van der Waals surface area contributed by atoms with Crippen LogP contribution in [0.5, 0.6) is 11.5 Å². The Labute approximate surface area is 254 Å². The molecule has 0 spiro atoms. The van der Waals surface area contributed by atoms with Gasteiger partial charge in [-0.2, -0.15) is 0 Å². The highest BCUT2D eigenvalue weighted by Crippen LogP contribution is 2.38. The van der Waals surface area contributed by atoms with Crippen LogP contribution in [0.2, 0.25) is 0 Å². The molecule has 220 valence electrons. The summed E-state index contributed by atoms with van der Waals surface area (Å²) in [6.07, 6.45) is 2.54. The standard InChI is InChI=1S/C37H38N2O4/c1-37(35-38-33(25-42-35)29-11-5-3-6-12-29,36-39-34(26-43-36)30-13-7-4-8-14-30)24-28-17-21-32(22-18-28)41-23-9-10-27-15-19-31(40-2)20-16-27/h3-8,11-22,33-34H,9-10,23-26H2,1-2H3/t33-,34-/m1/s1. The SMILES string of the molecule is COc1ccc(CCCOc2ccc(CC(C)(C3=N[C@@H](c4ccccc4)CO3)C3=N[C@@H](c4ccccc4)CO3)cc2)cc1. The summed E-state index contributed by atoms with van der Waals surface area (Å²) in [7, 11) is 1.69. The highest BCUT2D eigenvalue weighted by molar-refractivity contribution is 6.06. The van der Waals surface area contributed by atoms with Gasteiger partial charge in [0.1, 0.15) is 42.2 Å². The van der Waals surface area contributed by atoms with Crippen LogP contribution in [0.15, 0.2) is 119 Å². The minimum Gasteiger partial charge on any atom is -0.497 e. The Hall–Kier alpha value is -4.58. The van der Waals surface area contributed by atoms with Crippen molar-refractivity contribution in [2.45, 2.75) is 38.3 Å². The van der Waals surface area contributed by atoms with Gasteiger partial charge in [-0.3, -0.25) is 0 Å². The van der Waals surface area contributed by atoms with Crippen molar-refractivity contribution in [2.75, 3.05) is 26.9 Å². The van der Waals surface area contributed by atoms with Gasteiger partial charge in [-0.05, 0) is 72.7 Å². The molecule has 6 heteroatoms.